The quantitative estimate of drug-likeness (QED) is 0.782. The Morgan fingerprint density at radius 1 is 1.31 bits per heavy atom. The van der Waals surface area contributed by atoms with E-state index < -0.39 is 0 Å². The fourth-order valence-electron chi connectivity index (χ4n) is 2.98. The molecule has 1 saturated heterocycles. The second-order valence-electron chi connectivity index (χ2n) is 4.84. The number of aliphatic hydroxyl groups is 1. The summed E-state index contributed by atoms with van der Waals surface area (Å²) >= 11 is 0. The molecule has 0 saturated carbocycles. The van der Waals surface area contributed by atoms with Crippen LogP contribution in [0.15, 0.2) is 18.2 Å². The summed E-state index contributed by atoms with van der Waals surface area (Å²) < 4.78 is 13.2. The van der Waals surface area contributed by atoms with Crippen LogP contribution in [0.5, 0.6) is 0 Å². The third kappa shape index (κ3) is 1.64. The first-order chi connectivity index (χ1) is 7.74. The second-order valence-corrected chi connectivity index (χ2v) is 4.84. The van der Waals surface area contributed by atoms with E-state index in [0.29, 0.717) is 6.04 Å². The fraction of sp³-hybridized carbons (Fsp3) is 0.538. The van der Waals surface area contributed by atoms with Crippen LogP contribution in [-0.4, -0.2) is 29.2 Å². The first-order valence-electron chi connectivity index (χ1n) is 5.94. The van der Waals surface area contributed by atoms with Gasteiger partial charge in [0.05, 0.1) is 6.10 Å². The van der Waals surface area contributed by atoms with Crippen molar-refractivity contribution in [3.8, 4) is 0 Å². The van der Waals surface area contributed by atoms with Crippen LogP contribution in [0.2, 0.25) is 0 Å². The second kappa shape index (κ2) is 3.82. The van der Waals surface area contributed by atoms with Crippen molar-refractivity contribution in [2.45, 2.75) is 31.4 Å². The highest BCUT2D eigenvalue weighted by atomic mass is 19.1. The topological polar surface area (TPSA) is 23.5 Å². The summed E-state index contributed by atoms with van der Waals surface area (Å²) in [6.45, 7) is 1.67. The van der Waals surface area contributed by atoms with Gasteiger partial charge in [-0.15, -0.1) is 0 Å². The normalized spacial score (nSPS) is 29.6. The first-order valence-corrected chi connectivity index (χ1v) is 5.94. The molecule has 1 aliphatic heterocycles. The minimum Gasteiger partial charge on any atom is -0.392 e. The monoisotopic (exact) mass is 221 g/mol. The van der Waals surface area contributed by atoms with Crippen molar-refractivity contribution in [2.75, 3.05) is 13.1 Å². The molecule has 0 spiro atoms. The van der Waals surface area contributed by atoms with Crippen molar-refractivity contribution < 1.29 is 9.50 Å². The fourth-order valence-corrected chi connectivity index (χ4v) is 2.98. The standard InChI is InChI=1S/C13H16FNO/c14-10-3-1-9-2-4-13(12(9)7-10)15-6-5-11(16)8-15/h1,3,7,11,13,16H,2,4-6,8H2/t11-,13-/m0/s1. The lowest BCUT2D eigenvalue weighted by atomic mass is 10.1. The number of β-amino-alcohol motifs (C(OH)–C–C–N with tert-alkyl or cyclic N) is 1. The first kappa shape index (κ1) is 10.2. The Kier molecular flexibility index (Phi) is 2.45. The molecular formula is C13H16FNO. The maximum Gasteiger partial charge on any atom is 0.123 e. The number of benzene rings is 1. The van der Waals surface area contributed by atoms with Crippen LogP contribution in [0.3, 0.4) is 0 Å². The number of hydrogen-bond donors (Lipinski definition) is 1. The zero-order valence-corrected chi connectivity index (χ0v) is 9.19. The van der Waals surface area contributed by atoms with Gasteiger partial charge in [0.15, 0.2) is 0 Å². The number of nitrogens with zero attached hydrogens (tertiary/aromatic N) is 1. The number of aliphatic hydroxyl groups excluding tert-OH is 1. The molecule has 0 aromatic heterocycles. The van der Waals surface area contributed by atoms with Gasteiger partial charge in [-0.3, -0.25) is 4.90 Å². The van der Waals surface area contributed by atoms with E-state index in [1.54, 1.807) is 12.1 Å². The van der Waals surface area contributed by atoms with Crippen LogP contribution >= 0.6 is 0 Å². The van der Waals surface area contributed by atoms with Crippen LogP contribution in [0.1, 0.15) is 30.0 Å². The number of likely N-dealkylation sites (tertiary alicyclic amines) is 1. The lowest BCUT2D eigenvalue weighted by Gasteiger charge is -2.24. The van der Waals surface area contributed by atoms with E-state index in [-0.39, 0.29) is 11.9 Å². The predicted molar refractivity (Wildman–Crippen MR) is 59.7 cm³/mol. The summed E-state index contributed by atoms with van der Waals surface area (Å²) in [6, 6.07) is 5.43. The molecule has 1 aliphatic carbocycles. The van der Waals surface area contributed by atoms with Gasteiger partial charge in [0, 0.05) is 19.1 Å². The molecular weight excluding hydrogens is 205 g/mol. The molecule has 1 aromatic carbocycles. The maximum atomic E-state index is 13.2. The number of rotatable bonds is 1. The Balaban J connectivity index is 1.88. The SMILES string of the molecule is O[C@H]1CCN([C@H]2CCc3ccc(F)cc32)C1. The van der Waals surface area contributed by atoms with Crippen LogP contribution in [-0.2, 0) is 6.42 Å². The third-order valence-electron chi connectivity index (χ3n) is 3.79. The minimum atomic E-state index is -0.197. The van der Waals surface area contributed by atoms with Gasteiger partial charge >= 0.3 is 0 Å². The van der Waals surface area contributed by atoms with Gasteiger partial charge in [0.2, 0.25) is 0 Å². The van der Waals surface area contributed by atoms with E-state index in [4.69, 9.17) is 0 Å². The van der Waals surface area contributed by atoms with Crippen molar-refractivity contribution in [3.63, 3.8) is 0 Å². The molecule has 1 N–H and O–H groups in total. The molecule has 2 aliphatic rings. The van der Waals surface area contributed by atoms with E-state index >= 15 is 0 Å². The lowest BCUT2D eigenvalue weighted by molar-refractivity contribution is 0.159. The molecule has 1 fully saturated rings. The molecule has 1 heterocycles. The zero-order valence-electron chi connectivity index (χ0n) is 9.19. The average molecular weight is 221 g/mol. The molecule has 0 amide bonds. The largest absolute Gasteiger partial charge is 0.392 e. The van der Waals surface area contributed by atoms with Crippen molar-refractivity contribution in [1.82, 2.24) is 4.90 Å². The molecule has 1 aromatic rings. The third-order valence-corrected chi connectivity index (χ3v) is 3.79. The van der Waals surface area contributed by atoms with Crippen molar-refractivity contribution >= 4 is 0 Å². The molecule has 2 atom stereocenters. The van der Waals surface area contributed by atoms with Gasteiger partial charge in [-0.25, -0.2) is 4.39 Å². The van der Waals surface area contributed by atoms with Gasteiger partial charge in [-0.05, 0) is 42.5 Å². The van der Waals surface area contributed by atoms with E-state index in [9.17, 15) is 9.50 Å². The van der Waals surface area contributed by atoms with Crippen LogP contribution in [0, 0.1) is 5.82 Å². The molecule has 86 valence electrons. The summed E-state index contributed by atoms with van der Waals surface area (Å²) in [5, 5.41) is 9.55. The Hall–Kier alpha value is -0.930. The van der Waals surface area contributed by atoms with E-state index in [2.05, 4.69) is 4.90 Å². The number of halogens is 1. The molecule has 16 heavy (non-hydrogen) atoms. The number of fused-ring (bicyclic) bond motifs is 1. The predicted octanol–water partition coefficient (Wildman–Crippen LogP) is 1.88. The Morgan fingerprint density at radius 2 is 2.19 bits per heavy atom. The van der Waals surface area contributed by atoms with Crippen molar-refractivity contribution in [1.29, 1.82) is 0 Å². The Morgan fingerprint density at radius 3 is 2.94 bits per heavy atom. The highest BCUT2D eigenvalue weighted by molar-refractivity contribution is 5.35. The zero-order chi connectivity index (χ0) is 11.1. The van der Waals surface area contributed by atoms with E-state index in [1.807, 2.05) is 6.07 Å². The molecule has 0 bridgehead atoms. The van der Waals surface area contributed by atoms with Crippen molar-refractivity contribution in [2.24, 2.45) is 0 Å². The van der Waals surface area contributed by atoms with E-state index in [1.165, 1.54) is 5.56 Å². The van der Waals surface area contributed by atoms with Gasteiger partial charge in [-0.2, -0.15) is 0 Å². The molecule has 3 rings (SSSR count). The van der Waals surface area contributed by atoms with Gasteiger partial charge in [-0.1, -0.05) is 6.07 Å². The summed E-state index contributed by atoms with van der Waals surface area (Å²) in [5.41, 5.74) is 2.40. The lowest BCUT2D eigenvalue weighted by Crippen LogP contribution is -2.26. The van der Waals surface area contributed by atoms with Crippen LogP contribution in [0.25, 0.3) is 0 Å². The maximum absolute atomic E-state index is 13.2. The minimum absolute atomic E-state index is 0.148. The van der Waals surface area contributed by atoms with Crippen molar-refractivity contribution in [3.05, 3.63) is 35.1 Å². The molecule has 0 radical (unpaired) electrons. The molecule has 3 heteroatoms. The van der Waals surface area contributed by atoms with Gasteiger partial charge < -0.3 is 5.11 Å². The highest BCUT2D eigenvalue weighted by Gasteiger charge is 2.32. The van der Waals surface area contributed by atoms with Crippen LogP contribution < -0.4 is 0 Å². The summed E-state index contributed by atoms with van der Waals surface area (Å²) in [6.07, 6.45) is 2.75. The smallest absolute Gasteiger partial charge is 0.123 e. The Labute approximate surface area is 94.7 Å². The number of hydrogen-bond acceptors (Lipinski definition) is 2. The highest BCUT2D eigenvalue weighted by Crippen LogP contribution is 2.37. The van der Waals surface area contributed by atoms with Gasteiger partial charge in [0.1, 0.15) is 5.82 Å². The average Bonchev–Trinajstić information content (AvgIpc) is 2.83. The number of aryl methyl sites for hydroxylation is 1. The van der Waals surface area contributed by atoms with E-state index in [0.717, 1.165) is 37.9 Å². The Bertz CT molecular complexity index is 407. The summed E-state index contributed by atoms with van der Waals surface area (Å²) in [4.78, 5) is 2.29. The van der Waals surface area contributed by atoms with Gasteiger partial charge in [0.25, 0.3) is 0 Å². The van der Waals surface area contributed by atoms with Crippen LogP contribution in [0.4, 0.5) is 4.39 Å². The summed E-state index contributed by atoms with van der Waals surface area (Å²) in [7, 11) is 0. The molecule has 0 unspecified atom stereocenters. The molecule has 2 nitrogen and oxygen atoms in total. The summed E-state index contributed by atoms with van der Waals surface area (Å²) in [5.74, 6) is -0.148.